The number of carbonyl (C=O) groups is 1. The van der Waals surface area contributed by atoms with Gasteiger partial charge < -0.3 is 0 Å². The SMILES string of the molecule is O=C(NN=C1CN2CCC1CC2)c1cc(-c2ccccc2)nc2ccccc12. The number of pyridine rings is 1. The molecule has 3 saturated heterocycles. The summed E-state index contributed by atoms with van der Waals surface area (Å²) in [7, 11) is 0. The fraction of sp³-hybridized carbons (Fsp3) is 0.261. The van der Waals surface area contributed by atoms with Gasteiger partial charge in [-0.25, -0.2) is 10.4 Å². The summed E-state index contributed by atoms with van der Waals surface area (Å²) in [6.45, 7) is 3.16. The zero-order valence-corrected chi connectivity index (χ0v) is 15.6. The van der Waals surface area contributed by atoms with E-state index in [1.807, 2.05) is 60.7 Å². The second-order valence-corrected chi connectivity index (χ2v) is 7.53. The third kappa shape index (κ3) is 3.18. The molecule has 2 aromatic carbocycles. The van der Waals surface area contributed by atoms with Crippen molar-refractivity contribution in [3.8, 4) is 11.3 Å². The molecule has 1 N–H and O–H groups in total. The molecular weight excluding hydrogens is 348 g/mol. The number of nitrogens with zero attached hydrogens (tertiary/aromatic N) is 3. The first-order chi connectivity index (χ1) is 13.8. The summed E-state index contributed by atoms with van der Waals surface area (Å²) < 4.78 is 0. The zero-order valence-electron chi connectivity index (χ0n) is 15.6. The van der Waals surface area contributed by atoms with Crippen LogP contribution in [0.1, 0.15) is 23.2 Å². The van der Waals surface area contributed by atoms with Gasteiger partial charge in [-0.3, -0.25) is 9.69 Å². The van der Waals surface area contributed by atoms with Crippen LogP contribution in [0.4, 0.5) is 0 Å². The van der Waals surface area contributed by atoms with Gasteiger partial charge in [0.05, 0.1) is 22.5 Å². The molecule has 28 heavy (non-hydrogen) atoms. The Morgan fingerprint density at radius 2 is 1.79 bits per heavy atom. The highest BCUT2D eigenvalue weighted by Gasteiger charge is 2.31. The van der Waals surface area contributed by atoms with Gasteiger partial charge in [-0.05, 0) is 38.1 Å². The van der Waals surface area contributed by atoms with E-state index in [1.165, 1.54) is 0 Å². The largest absolute Gasteiger partial charge is 0.298 e. The first-order valence-corrected chi connectivity index (χ1v) is 9.82. The molecule has 0 saturated carbocycles. The number of para-hydroxylation sites is 1. The van der Waals surface area contributed by atoms with Crippen molar-refractivity contribution in [2.75, 3.05) is 19.6 Å². The van der Waals surface area contributed by atoms with Crippen LogP contribution in [0.3, 0.4) is 0 Å². The summed E-state index contributed by atoms with van der Waals surface area (Å²) in [4.78, 5) is 20.2. The minimum Gasteiger partial charge on any atom is -0.298 e. The van der Waals surface area contributed by atoms with Gasteiger partial charge in [-0.2, -0.15) is 5.10 Å². The Kier molecular flexibility index (Phi) is 4.37. The summed E-state index contributed by atoms with van der Waals surface area (Å²) in [5.41, 5.74) is 7.12. The molecule has 1 aromatic heterocycles. The van der Waals surface area contributed by atoms with Crippen molar-refractivity contribution < 1.29 is 4.79 Å². The molecule has 3 aromatic rings. The molecule has 140 valence electrons. The highest BCUT2D eigenvalue weighted by atomic mass is 16.2. The number of hydrogen-bond donors (Lipinski definition) is 1. The summed E-state index contributed by atoms with van der Waals surface area (Å²) in [6.07, 6.45) is 2.29. The second kappa shape index (κ2) is 7.17. The number of rotatable bonds is 3. The molecule has 1 amide bonds. The van der Waals surface area contributed by atoms with Gasteiger partial charge in [-0.15, -0.1) is 0 Å². The van der Waals surface area contributed by atoms with Gasteiger partial charge in [0.2, 0.25) is 0 Å². The summed E-state index contributed by atoms with van der Waals surface area (Å²) in [5, 5.41) is 5.35. The maximum Gasteiger partial charge on any atom is 0.272 e. The molecule has 5 heteroatoms. The molecular formula is C23H22N4O. The number of nitrogens with one attached hydrogen (secondary N) is 1. The van der Waals surface area contributed by atoms with Crippen LogP contribution in [-0.4, -0.2) is 41.1 Å². The third-order valence-corrected chi connectivity index (χ3v) is 5.78. The van der Waals surface area contributed by atoms with Gasteiger partial charge in [0.25, 0.3) is 5.91 Å². The van der Waals surface area contributed by atoms with Gasteiger partial charge in [0.15, 0.2) is 0 Å². The van der Waals surface area contributed by atoms with Crippen LogP contribution in [0.2, 0.25) is 0 Å². The number of hydrogen-bond acceptors (Lipinski definition) is 4. The van der Waals surface area contributed by atoms with E-state index in [2.05, 4.69) is 15.4 Å². The Labute approximate surface area is 164 Å². The molecule has 5 nitrogen and oxygen atoms in total. The fourth-order valence-corrected chi connectivity index (χ4v) is 4.21. The minimum absolute atomic E-state index is 0.181. The molecule has 0 spiro atoms. The number of aromatic nitrogens is 1. The lowest BCUT2D eigenvalue weighted by Gasteiger charge is -2.39. The van der Waals surface area contributed by atoms with Crippen molar-refractivity contribution in [3.05, 3.63) is 66.2 Å². The van der Waals surface area contributed by atoms with Crippen molar-refractivity contribution in [2.24, 2.45) is 11.0 Å². The fourth-order valence-electron chi connectivity index (χ4n) is 4.21. The maximum absolute atomic E-state index is 13.0. The predicted molar refractivity (Wildman–Crippen MR) is 111 cm³/mol. The molecule has 3 fully saturated rings. The van der Waals surface area contributed by atoms with Crippen molar-refractivity contribution in [3.63, 3.8) is 0 Å². The van der Waals surface area contributed by atoms with Crippen LogP contribution in [0.25, 0.3) is 22.2 Å². The van der Waals surface area contributed by atoms with Crippen LogP contribution in [0.5, 0.6) is 0 Å². The first-order valence-electron chi connectivity index (χ1n) is 9.82. The van der Waals surface area contributed by atoms with Crippen LogP contribution in [-0.2, 0) is 0 Å². The van der Waals surface area contributed by atoms with E-state index in [9.17, 15) is 4.79 Å². The Hall–Kier alpha value is -3.05. The Morgan fingerprint density at radius 3 is 2.54 bits per heavy atom. The molecule has 4 heterocycles. The topological polar surface area (TPSA) is 57.6 Å². The number of piperidine rings is 3. The van der Waals surface area contributed by atoms with E-state index in [0.717, 1.165) is 60.3 Å². The molecule has 0 atom stereocenters. The summed E-state index contributed by atoms with van der Waals surface area (Å²) in [6, 6.07) is 19.6. The van der Waals surface area contributed by atoms with Crippen molar-refractivity contribution in [2.45, 2.75) is 12.8 Å². The monoisotopic (exact) mass is 370 g/mol. The van der Waals surface area contributed by atoms with Crippen LogP contribution in [0.15, 0.2) is 65.8 Å². The van der Waals surface area contributed by atoms with Gasteiger partial charge >= 0.3 is 0 Å². The Bertz CT molecular complexity index is 1050. The van der Waals surface area contributed by atoms with E-state index in [4.69, 9.17) is 4.98 Å². The van der Waals surface area contributed by atoms with Crippen LogP contribution < -0.4 is 5.43 Å². The molecule has 0 unspecified atom stereocenters. The van der Waals surface area contributed by atoms with Crippen molar-refractivity contribution >= 4 is 22.5 Å². The molecule has 3 aliphatic rings. The molecule has 2 bridgehead atoms. The average molecular weight is 370 g/mol. The first kappa shape index (κ1) is 17.1. The smallest absolute Gasteiger partial charge is 0.272 e. The lowest BCUT2D eigenvalue weighted by molar-refractivity contribution is 0.0955. The minimum atomic E-state index is -0.181. The summed E-state index contributed by atoms with van der Waals surface area (Å²) >= 11 is 0. The lowest BCUT2D eigenvalue weighted by atomic mass is 9.87. The second-order valence-electron chi connectivity index (χ2n) is 7.53. The maximum atomic E-state index is 13.0. The normalized spacial score (nSPS) is 22.5. The van der Waals surface area contributed by atoms with E-state index < -0.39 is 0 Å². The van der Waals surface area contributed by atoms with E-state index in [0.29, 0.717) is 11.5 Å². The number of fused-ring (bicyclic) bond motifs is 4. The van der Waals surface area contributed by atoms with Crippen LogP contribution in [0, 0.1) is 5.92 Å². The Morgan fingerprint density at radius 1 is 1.04 bits per heavy atom. The van der Waals surface area contributed by atoms with E-state index in [1.54, 1.807) is 0 Å². The summed E-state index contributed by atoms with van der Waals surface area (Å²) in [5.74, 6) is 0.332. The molecule has 3 aliphatic heterocycles. The number of hydrazone groups is 1. The van der Waals surface area contributed by atoms with E-state index >= 15 is 0 Å². The quantitative estimate of drug-likeness (QED) is 0.715. The lowest BCUT2D eigenvalue weighted by Crippen LogP contribution is -2.48. The number of amides is 1. The standard InChI is InChI=1S/C23H22N4O/c28-23(26-25-22-15-27-12-10-17(22)11-13-27)19-14-21(16-6-2-1-3-7-16)24-20-9-5-4-8-18(19)20/h1-9,14,17H,10-13,15H2,(H,26,28). The van der Waals surface area contributed by atoms with Crippen molar-refractivity contribution in [1.82, 2.24) is 15.3 Å². The van der Waals surface area contributed by atoms with Crippen LogP contribution >= 0.6 is 0 Å². The van der Waals surface area contributed by atoms with E-state index in [-0.39, 0.29) is 5.91 Å². The number of benzene rings is 2. The van der Waals surface area contributed by atoms with Gasteiger partial charge in [0, 0.05) is 23.4 Å². The highest BCUT2D eigenvalue weighted by Crippen LogP contribution is 2.26. The molecule has 0 aliphatic carbocycles. The highest BCUT2D eigenvalue weighted by molar-refractivity contribution is 6.07. The number of carbonyl (C=O) groups excluding carboxylic acids is 1. The average Bonchev–Trinajstić information content (AvgIpc) is 2.78. The van der Waals surface area contributed by atoms with Gasteiger partial charge in [-0.1, -0.05) is 48.5 Å². The Balaban J connectivity index is 1.49. The zero-order chi connectivity index (χ0) is 18.9. The molecule has 6 rings (SSSR count). The van der Waals surface area contributed by atoms with Crippen molar-refractivity contribution in [1.29, 1.82) is 0 Å². The molecule has 0 radical (unpaired) electrons. The predicted octanol–water partition coefficient (Wildman–Crippen LogP) is 3.71. The third-order valence-electron chi connectivity index (χ3n) is 5.78. The van der Waals surface area contributed by atoms with Gasteiger partial charge in [0.1, 0.15) is 0 Å².